The molecule has 1 aliphatic rings. The monoisotopic (exact) mass is 356 g/mol. The highest BCUT2D eigenvalue weighted by molar-refractivity contribution is 9.10. The highest BCUT2D eigenvalue weighted by atomic mass is 79.9. The largest absolute Gasteiger partial charge is 0.369 e. The average molecular weight is 357 g/mol. The smallest absolute Gasteiger partial charge is 0.139 e. The molecule has 1 aromatic rings. The van der Waals surface area contributed by atoms with E-state index in [1.807, 2.05) is 6.07 Å². The first-order valence-electron chi connectivity index (χ1n) is 8.13. The Balaban J connectivity index is 1.71. The molecule has 0 N–H and O–H groups in total. The Morgan fingerprint density at radius 2 is 1.76 bits per heavy atom. The van der Waals surface area contributed by atoms with Gasteiger partial charge in [0.1, 0.15) is 5.82 Å². The molecule has 2 rings (SSSR count). The molecule has 0 spiro atoms. The van der Waals surface area contributed by atoms with Gasteiger partial charge in [-0.25, -0.2) is 4.39 Å². The van der Waals surface area contributed by atoms with Crippen molar-refractivity contribution in [2.45, 2.75) is 39.0 Å². The van der Waals surface area contributed by atoms with Crippen molar-refractivity contribution in [1.29, 1.82) is 0 Å². The Labute approximate surface area is 136 Å². The summed E-state index contributed by atoms with van der Waals surface area (Å²) in [5, 5.41) is 0. The van der Waals surface area contributed by atoms with Gasteiger partial charge in [0, 0.05) is 31.9 Å². The molecular weight excluding hydrogens is 331 g/mol. The normalized spacial score (nSPS) is 16.4. The van der Waals surface area contributed by atoms with Crippen LogP contribution in [-0.4, -0.2) is 37.6 Å². The fourth-order valence-electron chi connectivity index (χ4n) is 2.85. The molecule has 0 atom stereocenters. The van der Waals surface area contributed by atoms with Crippen LogP contribution in [0.3, 0.4) is 0 Å². The molecule has 1 aliphatic heterocycles. The molecule has 118 valence electrons. The predicted molar refractivity (Wildman–Crippen MR) is 91.5 cm³/mol. The molecule has 0 aliphatic carbocycles. The maximum Gasteiger partial charge on any atom is 0.139 e. The van der Waals surface area contributed by atoms with E-state index in [9.17, 15) is 4.39 Å². The standard InChI is InChI=1S/C17H26BrFN2/c1-2-3-4-5-6-9-20-10-12-21(13-11-20)15-7-8-16(18)17(19)14-15/h7-8,14H,2-6,9-13H2,1H3. The molecule has 0 amide bonds. The minimum absolute atomic E-state index is 0.175. The second-order valence-electron chi connectivity index (χ2n) is 5.84. The summed E-state index contributed by atoms with van der Waals surface area (Å²) in [5.41, 5.74) is 0.998. The zero-order chi connectivity index (χ0) is 15.1. The molecule has 21 heavy (non-hydrogen) atoms. The number of unbranched alkanes of at least 4 members (excludes halogenated alkanes) is 4. The molecule has 4 heteroatoms. The molecule has 1 fully saturated rings. The quantitative estimate of drug-likeness (QED) is 0.654. The average Bonchev–Trinajstić information content (AvgIpc) is 2.50. The van der Waals surface area contributed by atoms with E-state index < -0.39 is 0 Å². The van der Waals surface area contributed by atoms with Gasteiger partial charge >= 0.3 is 0 Å². The van der Waals surface area contributed by atoms with E-state index in [1.54, 1.807) is 12.1 Å². The van der Waals surface area contributed by atoms with Gasteiger partial charge in [-0.1, -0.05) is 32.6 Å². The third kappa shape index (κ3) is 5.26. The van der Waals surface area contributed by atoms with Gasteiger partial charge < -0.3 is 4.90 Å². The van der Waals surface area contributed by atoms with Crippen LogP contribution < -0.4 is 4.90 Å². The fraction of sp³-hybridized carbons (Fsp3) is 0.647. The number of halogens is 2. The Kier molecular flexibility index (Phi) is 6.97. The first-order chi connectivity index (χ1) is 10.2. The summed E-state index contributed by atoms with van der Waals surface area (Å²) in [7, 11) is 0. The van der Waals surface area contributed by atoms with Crippen molar-refractivity contribution in [1.82, 2.24) is 4.90 Å². The van der Waals surface area contributed by atoms with Gasteiger partial charge in [0.25, 0.3) is 0 Å². The lowest BCUT2D eigenvalue weighted by Gasteiger charge is -2.36. The number of anilines is 1. The fourth-order valence-corrected chi connectivity index (χ4v) is 3.10. The maximum absolute atomic E-state index is 13.6. The summed E-state index contributed by atoms with van der Waals surface area (Å²) in [4.78, 5) is 4.82. The van der Waals surface area contributed by atoms with Crippen LogP contribution in [0, 0.1) is 5.82 Å². The number of piperazine rings is 1. The van der Waals surface area contributed by atoms with Crippen molar-refractivity contribution in [3.8, 4) is 0 Å². The van der Waals surface area contributed by atoms with E-state index >= 15 is 0 Å². The third-order valence-corrected chi connectivity index (χ3v) is 4.86. The van der Waals surface area contributed by atoms with Crippen LogP contribution in [0.4, 0.5) is 10.1 Å². The highest BCUT2D eigenvalue weighted by Gasteiger charge is 2.17. The second-order valence-corrected chi connectivity index (χ2v) is 6.70. The molecule has 2 nitrogen and oxygen atoms in total. The maximum atomic E-state index is 13.6. The minimum Gasteiger partial charge on any atom is -0.369 e. The topological polar surface area (TPSA) is 6.48 Å². The van der Waals surface area contributed by atoms with Gasteiger partial charge in [-0.15, -0.1) is 0 Å². The Morgan fingerprint density at radius 1 is 1.05 bits per heavy atom. The van der Waals surface area contributed by atoms with Crippen molar-refractivity contribution < 1.29 is 4.39 Å². The van der Waals surface area contributed by atoms with Crippen molar-refractivity contribution in [3.05, 3.63) is 28.5 Å². The molecule has 0 bridgehead atoms. The van der Waals surface area contributed by atoms with Crippen molar-refractivity contribution in [3.63, 3.8) is 0 Å². The molecule has 0 aromatic heterocycles. The van der Waals surface area contributed by atoms with Gasteiger partial charge in [-0.3, -0.25) is 4.90 Å². The van der Waals surface area contributed by atoms with E-state index in [-0.39, 0.29) is 5.82 Å². The van der Waals surface area contributed by atoms with Crippen LogP contribution in [-0.2, 0) is 0 Å². The summed E-state index contributed by atoms with van der Waals surface area (Å²) in [6, 6.07) is 5.42. The molecule has 1 heterocycles. The molecular formula is C17H26BrFN2. The van der Waals surface area contributed by atoms with Crippen LogP contribution in [0.25, 0.3) is 0 Å². The summed E-state index contributed by atoms with van der Waals surface area (Å²) in [5.74, 6) is -0.175. The van der Waals surface area contributed by atoms with Gasteiger partial charge in [0.15, 0.2) is 0 Å². The van der Waals surface area contributed by atoms with Crippen LogP contribution in [0.15, 0.2) is 22.7 Å². The zero-order valence-corrected chi connectivity index (χ0v) is 14.5. The molecule has 0 saturated carbocycles. The Bertz CT molecular complexity index is 431. The minimum atomic E-state index is -0.175. The zero-order valence-electron chi connectivity index (χ0n) is 13.0. The molecule has 1 aromatic carbocycles. The highest BCUT2D eigenvalue weighted by Crippen LogP contribution is 2.23. The summed E-state index contributed by atoms with van der Waals surface area (Å²) in [6.07, 6.45) is 6.71. The third-order valence-electron chi connectivity index (χ3n) is 4.22. The second kappa shape index (κ2) is 8.74. The number of rotatable bonds is 7. The van der Waals surface area contributed by atoms with E-state index in [0.717, 1.165) is 31.9 Å². The van der Waals surface area contributed by atoms with Crippen molar-refractivity contribution >= 4 is 21.6 Å². The first kappa shape index (κ1) is 16.8. The number of hydrogen-bond acceptors (Lipinski definition) is 2. The lowest BCUT2D eigenvalue weighted by Crippen LogP contribution is -2.46. The van der Waals surface area contributed by atoms with E-state index in [0.29, 0.717) is 4.47 Å². The lowest BCUT2D eigenvalue weighted by atomic mass is 10.1. The predicted octanol–water partition coefficient (Wildman–Crippen LogP) is 4.68. The van der Waals surface area contributed by atoms with Gasteiger partial charge in [0.2, 0.25) is 0 Å². The lowest BCUT2D eigenvalue weighted by molar-refractivity contribution is 0.252. The number of nitrogens with zero attached hydrogens (tertiary/aromatic N) is 2. The first-order valence-corrected chi connectivity index (χ1v) is 8.92. The van der Waals surface area contributed by atoms with Crippen LogP contribution in [0.1, 0.15) is 39.0 Å². The van der Waals surface area contributed by atoms with Crippen molar-refractivity contribution in [2.24, 2.45) is 0 Å². The Morgan fingerprint density at radius 3 is 2.43 bits per heavy atom. The molecule has 1 saturated heterocycles. The van der Waals surface area contributed by atoms with Crippen LogP contribution in [0.5, 0.6) is 0 Å². The van der Waals surface area contributed by atoms with E-state index in [1.165, 1.54) is 38.6 Å². The van der Waals surface area contributed by atoms with Crippen molar-refractivity contribution in [2.75, 3.05) is 37.6 Å². The summed E-state index contributed by atoms with van der Waals surface area (Å²) in [6.45, 7) is 7.64. The Hall–Kier alpha value is -0.610. The number of benzene rings is 1. The SMILES string of the molecule is CCCCCCCN1CCN(c2ccc(Br)c(F)c2)CC1. The van der Waals surface area contributed by atoms with Gasteiger partial charge in [0.05, 0.1) is 4.47 Å². The number of hydrogen-bond donors (Lipinski definition) is 0. The summed E-state index contributed by atoms with van der Waals surface area (Å²) >= 11 is 3.21. The van der Waals surface area contributed by atoms with Crippen LogP contribution in [0.2, 0.25) is 0 Å². The summed E-state index contributed by atoms with van der Waals surface area (Å²) < 4.78 is 14.1. The molecule has 0 radical (unpaired) electrons. The molecule has 0 unspecified atom stereocenters. The van der Waals surface area contributed by atoms with E-state index in [4.69, 9.17) is 0 Å². The van der Waals surface area contributed by atoms with E-state index in [2.05, 4.69) is 32.7 Å². The van der Waals surface area contributed by atoms with Crippen LogP contribution >= 0.6 is 15.9 Å². The van der Waals surface area contributed by atoms with Gasteiger partial charge in [-0.05, 0) is 47.1 Å². The van der Waals surface area contributed by atoms with Gasteiger partial charge in [-0.2, -0.15) is 0 Å².